The van der Waals surface area contributed by atoms with Crippen LogP contribution in [0.25, 0.3) is 0 Å². The molecule has 0 aromatic carbocycles. The summed E-state index contributed by atoms with van der Waals surface area (Å²) in [4.78, 5) is 7.10. The number of pyridine rings is 1. The summed E-state index contributed by atoms with van der Waals surface area (Å²) < 4.78 is 5.02. The zero-order valence-electron chi connectivity index (χ0n) is 12.8. The predicted octanol–water partition coefficient (Wildman–Crippen LogP) is 2.59. The van der Waals surface area contributed by atoms with E-state index in [0.29, 0.717) is 6.04 Å². The molecule has 1 atom stereocenters. The highest BCUT2D eigenvalue weighted by atomic mass is 16.5. The summed E-state index contributed by atoms with van der Waals surface area (Å²) in [7, 11) is 1.72. The molecule has 1 aliphatic rings. The summed E-state index contributed by atoms with van der Waals surface area (Å²) in [6, 6.07) is 4.95. The first-order valence-electron chi connectivity index (χ1n) is 7.72. The van der Waals surface area contributed by atoms with E-state index in [1.54, 1.807) is 7.11 Å². The molecule has 112 valence electrons. The van der Waals surface area contributed by atoms with Crippen molar-refractivity contribution in [3.8, 4) is 0 Å². The molecule has 1 aliphatic heterocycles. The first kappa shape index (κ1) is 15.3. The SMILES string of the molecule is COCCNCc1ccc(N2CCCCCC2C)nc1. The van der Waals surface area contributed by atoms with E-state index in [2.05, 4.69) is 34.3 Å². The topological polar surface area (TPSA) is 37.4 Å². The fourth-order valence-electron chi connectivity index (χ4n) is 2.71. The highest BCUT2D eigenvalue weighted by Gasteiger charge is 2.17. The highest BCUT2D eigenvalue weighted by Crippen LogP contribution is 2.22. The Bertz CT molecular complexity index is 380. The molecule has 20 heavy (non-hydrogen) atoms. The van der Waals surface area contributed by atoms with Crippen LogP contribution in [-0.4, -0.2) is 37.8 Å². The van der Waals surface area contributed by atoms with Crippen molar-refractivity contribution >= 4 is 5.82 Å². The molecule has 2 rings (SSSR count). The van der Waals surface area contributed by atoms with Crippen molar-refractivity contribution in [2.75, 3.05) is 31.7 Å². The van der Waals surface area contributed by atoms with Gasteiger partial charge in [0.25, 0.3) is 0 Å². The van der Waals surface area contributed by atoms with Crippen molar-refractivity contribution < 1.29 is 4.74 Å². The van der Waals surface area contributed by atoms with Gasteiger partial charge in [0.1, 0.15) is 5.82 Å². The maximum atomic E-state index is 5.02. The molecule has 0 spiro atoms. The molecular weight excluding hydrogens is 250 g/mol. The van der Waals surface area contributed by atoms with Crippen LogP contribution in [0.3, 0.4) is 0 Å². The van der Waals surface area contributed by atoms with Crippen LogP contribution in [0.1, 0.15) is 38.2 Å². The Kier molecular flexibility index (Phi) is 6.27. The molecule has 1 N–H and O–H groups in total. The molecule has 4 nitrogen and oxygen atoms in total. The van der Waals surface area contributed by atoms with Crippen LogP contribution in [0, 0.1) is 0 Å². The second kappa shape index (κ2) is 8.22. The van der Waals surface area contributed by atoms with Crippen LogP contribution in [0.15, 0.2) is 18.3 Å². The number of anilines is 1. The van der Waals surface area contributed by atoms with Gasteiger partial charge in [-0.05, 0) is 31.4 Å². The lowest BCUT2D eigenvalue weighted by atomic mass is 10.1. The third-order valence-electron chi connectivity index (χ3n) is 3.97. The minimum absolute atomic E-state index is 0.607. The highest BCUT2D eigenvalue weighted by molar-refractivity contribution is 5.40. The maximum Gasteiger partial charge on any atom is 0.128 e. The predicted molar refractivity (Wildman–Crippen MR) is 83.1 cm³/mol. The molecule has 1 fully saturated rings. The molecule has 1 saturated heterocycles. The number of nitrogens with zero attached hydrogens (tertiary/aromatic N) is 2. The van der Waals surface area contributed by atoms with E-state index in [4.69, 9.17) is 4.74 Å². The first-order valence-corrected chi connectivity index (χ1v) is 7.72. The standard InChI is InChI=1S/C16H27N3O/c1-14-6-4-3-5-10-19(14)16-8-7-15(13-18-16)12-17-9-11-20-2/h7-8,13-14,17H,3-6,9-12H2,1-2H3. The van der Waals surface area contributed by atoms with Gasteiger partial charge >= 0.3 is 0 Å². The Morgan fingerprint density at radius 1 is 1.35 bits per heavy atom. The average Bonchev–Trinajstić information content (AvgIpc) is 2.69. The monoisotopic (exact) mass is 277 g/mol. The van der Waals surface area contributed by atoms with E-state index in [-0.39, 0.29) is 0 Å². The Hall–Kier alpha value is -1.13. The van der Waals surface area contributed by atoms with Crippen LogP contribution in [0.2, 0.25) is 0 Å². The Balaban J connectivity index is 1.89. The quantitative estimate of drug-likeness (QED) is 0.811. The van der Waals surface area contributed by atoms with Gasteiger partial charge in [-0.3, -0.25) is 0 Å². The van der Waals surface area contributed by atoms with Crippen LogP contribution in [0.5, 0.6) is 0 Å². The lowest BCUT2D eigenvalue weighted by Crippen LogP contribution is -2.33. The second-order valence-electron chi connectivity index (χ2n) is 5.59. The maximum absolute atomic E-state index is 5.02. The van der Waals surface area contributed by atoms with Gasteiger partial charge < -0.3 is 15.0 Å². The minimum Gasteiger partial charge on any atom is -0.383 e. The molecular formula is C16H27N3O. The largest absolute Gasteiger partial charge is 0.383 e. The van der Waals surface area contributed by atoms with Gasteiger partial charge in [-0.2, -0.15) is 0 Å². The van der Waals surface area contributed by atoms with E-state index in [0.717, 1.165) is 32.1 Å². The van der Waals surface area contributed by atoms with Crippen molar-refractivity contribution in [2.45, 2.75) is 45.2 Å². The van der Waals surface area contributed by atoms with Crippen LogP contribution >= 0.6 is 0 Å². The summed E-state index contributed by atoms with van der Waals surface area (Å²) in [5.41, 5.74) is 1.23. The van der Waals surface area contributed by atoms with Gasteiger partial charge in [-0.25, -0.2) is 4.98 Å². The summed E-state index contributed by atoms with van der Waals surface area (Å²) >= 11 is 0. The average molecular weight is 277 g/mol. The number of ether oxygens (including phenoxy) is 1. The second-order valence-corrected chi connectivity index (χ2v) is 5.59. The van der Waals surface area contributed by atoms with Crippen LogP contribution < -0.4 is 10.2 Å². The number of aromatic nitrogens is 1. The lowest BCUT2D eigenvalue weighted by Gasteiger charge is -2.28. The van der Waals surface area contributed by atoms with E-state index < -0.39 is 0 Å². The number of methoxy groups -OCH3 is 1. The molecule has 1 aromatic rings. The molecule has 1 unspecified atom stereocenters. The Labute approximate surface area is 122 Å². The van der Waals surface area contributed by atoms with Gasteiger partial charge in [0.15, 0.2) is 0 Å². The van der Waals surface area contributed by atoms with Gasteiger partial charge in [0.05, 0.1) is 6.61 Å². The Morgan fingerprint density at radius 2 is 2.25 bits per heavy atom. The zero-order valence-corrected chi connectivity index (χ0v) is 12.8. The van der Waals surface area contributed by atoms with Crippen molar-refractivity contribution in [3.63, 3.8) is 0 Å². The summed E-state index contributed by atoms with van der Waals surface area (Å²) in [5.74, 6) is 1.13. The van der Waals surface area contributed by atoms with Crippen LogP contribution in [-0.2, 0) is 11.3 Å². The molecule has 0 radical (unpaired) electrons. The van der Waals surface area contributed by atoms with E-state index in [9.17, 15) is 0 Å². The van der Waals surface area contributed by atoms with Gasteiger partial charge in [-0.1, -0.05) is 18.9 Å². The number of hydrogen-bond donors (Lipinski definition) is 1. The van der Waals surface area contributed by atoms with Crippen molar-refractivity contribution in [2.24, 2.45) is 0 Å². The normalized spacial score (nSPS) is 19.9. The van der Waals surface area contributed by atoms with E-state index in [1.807, 2.05) is 6.20 Å². The molecule has 0 aliphatic carbocycles. The molecule has 0 bridgehead atoms. The third kappa shape index (κ3) is 4.46. The first-order chi connectivity index (χ1) is 9.81. The van der Waals surface area contributed by atoms with Crippen molar-refractivity contribution in [1.82, 2.24) is 10.3 Å². The van der Waals surface area contributed by atoms with Crippen LogP contribution in [0.4, 0.5) is 5.82 Å². The molecule has 2 heterocycles. The fourth-order valence-corrected chi connectivity index (χ4v) is 2.71. The summed E-state index contributed by atoms with van der Waals surface area (Å²) in [6.45, 7) is 5.93. The van der Waals surface area contributed by atoms with Gasteiger partial charge in [-0.15, -0.1) is 0 Å². The molecule has 1 aromatic heterocycles. The molecule has 0 amide bonds. The Morgan fingerprint density at radius 3 is 3.00 bits per heavy atom. The summed E-state index contributed by atoms with van der Waals surface area (Å²) in [5, 5.41) is 3.34. The fraction of sp³-hybridized carbons (Fsp3) is 0.688. The van der Waals surface area contributed by atoms with Gasteiger partial charge in [0, 0.05) is 39.0 Å². The number of rotatable bonds is 6. The smallest absolute Gasteiger partial charge is 0.128 e. The van der Waals surface area contributed by atoms with Crippen molar-refractivity contribution in [1.29, 1.82) is 0 Å². The third-order valence-corrected chi connectivity index (χ3v) is 3.97. The molecule has 4 heteroatoms. The minimum atomic E-state index is 0.607. The summed E-state index contributed by atoms with van der Waals surface area (Å²) in [6.07, 6.45) is 7.25. The lowest BCUT2D eigenvalue weighted by molar-refractivity contribution is 0.199. The van der Waals surface area contributed by atoms with E-state index >= 15 is 0 Å². The number of nitrogens with one attached hydrogen (secondary N) is 1. The molecule has 0 saturated carbocycles. The number of hydrogen-bond acceptors (Lipinski definition) is 4. The zero-order chi connectivity index (χ0) is 14.2. The van der Waals surface area contributed by atoms with Gasteiger partial charge in [0.2, 0.25) is 0 Å². The van der Waals surface area contributed by atoms with Crippen molar-refractivity contribution in [3.05, 3.63) is 23.9 Å². The van der Waals surface area contributed by atoms with E-state index in [1.165, 1.54) is 31.2 Å².